The van der Waals surface area contributed by atoms with Gasteiger partial charge >= 0.3 is 0 Å². The van der Waals surface area contributed by atoms with E-state index in [9.17, 15) is 9.59 Å². The largest absolute Gasteiger partial charge is 0.495 e. The Kier molecular flexibility index (Phi) is 7.63. The minimum absolute atomic E-state index is 0.320. The fraction of sp³-hybridized carbons (Fsp3) is 0.211. The molecule has 0 heterocycles. The van der Waals surface area contributed by atoms with Gasteiger partial charge in [0.25, 0.3) is 11.8 Å². The lowest BCUT2D eigenvalue weighted by Gasteiger charge is -2.08. The Balaban J connectivity index is 1.78. The van der Waals surface area contributed by atoms with Crippen LogP contribution >= 0.6 is 11.6 Å². The summed E-state index contributed by atoms with van der Waals surface area (Å²) in [7, 11) is 1.48. The molecule has 0 aliphatic rings. The lowest BCUT2D eigenvalue weighted by molar-refractivity contribution is -0.120. The highest BCUT2D eigenvalue weighted by molar-refractivity contribution is 6.33. The summed E-state index contributed by atoms with van der Waals surface area (Å²) in [5.41, 5.74) is 2.24. The average molecular weight is 390 g/mol. The molecule has 2 rings (SSSR count). The van der Waals surface area contributed by atoms with Crippen LogP contribution in [-0.2, 0) is 20.8 Å². The Labute approximate surface area is 162 Å². The van der Waals surface area contributed by atoms with Gasteiger partial charge in [-0.05, 0) is 42.3 Å². The summed E-state index contributed by atoms with van der Waals surface area (Å²) in [5, 5.41) is 9.17. The number of nitrogens with zero attached hydrogens (tertiary/aromatic N) is 1. The first-order chi connectivity index (χ1) is 13.0. The second-order valence-electron chi connectivity index (χ2n) is 5.44. The molecule has 7 nitrogen and oxygen atoms in total. The van der Waals surface area contributed by atoms with E-state index in [4.69, 9.17) is 21.2 Å². The first-order valence-electron chi connectivity index (χ1n) is 8.20. The maximum Gasteiger partial charge on any atom is 0.270 e. The highest BCUT2D eigenvalue weighted by Crippen LogP contribution is 2.27. The Morgan fingerprint density at radius 1 is 1.15 bits per heavy atom. The van der Waals surface area contributed by atoms with E-state index in [1.807, 2.05) is 24.3 Å². The number of nitrogens with one attached hydrogen (secondary N) is 2. The lowest BCUT2D eigenvalue weighted by atomic mass is 10.1. The van der Waals surface area contributed by atoms with Crippen LogP contribution in [0.25, 0.3) is 0 Å². The van der Waals surface area contributed by atoms with Crippen LogP contribution < -0.4 is 15.4 Å². The molecule has 0 atom stereocenters. The van der Waals surface area contributed by atoms with E-state index in [2.05, 4.69) is 22.7 Å². The molecule has 0 saturated carbocycles. The molecule has 8 heteroatoms. The van der Waals surface area contributed by atoms with Crippen molar-refractivity contribution in [2.45, 2.75) is 13.3 Å². The third kappa shape index (κ3) is 6.63. The Bertz CT molecular complexity index is 822. The van der Waals surface area contributed by atoms with Gasteiger partial charge in [0, 0.05) is 10.7 Å². The van der Waals surface area contributed by atoms with Crippen LogP contribution in [0.4, 0.5) is 11.4 Å². The molecular weight excluding hydrogens is 370 g/mol. The van der Waals surface area contributed by atoms with Crippen molar-refractivity contribution in [3.05, 3.63) is 53.1 Å². The van der Waals surface area contributed by atoms with Crippen molar-refractivity contribution in [3.8, 4) is 5.75 Å². The van der Waals surface area contributed by atoms with Gasteiger partial charge in [-0.25, -0.2) is 0 Å². The topological polar surface area (TPSA) is 89.0 Å². The van der Waals surface area contributed by atoms with Crippen LogP contribution in [0, 0.1) is 0 Å². The fourth-order valence-corrected chi connectivity index (χ4v) is 2.32. The van der Waals surface area contributed by atoms with Crippen LogP contribution in [0.1, 0.15) is 12.5 Å². The van der Waals surface area contributed by atoms with Crippen LogP contribution in [0.3, 0.4) is 0 Å². The van der Waals surface area contributed by atoms with Crippen molar-refractivity contribution in [2.75, 3.05) is 24.4 Å². The molecule has 2 aromatic carbocycles. The van der Waals surface area contributed by atoms with Gasteiger partial charge < -0.3 is 20.2 Å². The number of carbonyl (C=O) groups excluding carboxylic acids is 2. The predicted octanol–water partition coefficient (Wildman–Crippen LogP) is 3.49. The zero-order valence-electron chi connectivity index (χ0n) is 15.0. The molecule has 27 heavy (non-hydrogen) atoms. The number of hydrogen-bond acceptors (Lipinski definition) is 5. The number of oxime groups is 1. The summed E-state index contributed by atoms with van der Waals surface area (Å²) in [5.74, 6) is -0.477. The van der Waals surface area contributed by atoms with Gasteiger partial charge in [0.15, 0.2) is 6.61 Å². The molecule has 2 N–H and O–H groups in total. The zero-order chi connectivity index (χ0) is 19.6. The first-order valence-corrected chi connectivity index (χ1v) is 8.58. The minimum Gasteiger partial charge on any atom is -0.495 e. The van der Waals surface area contributed by atoms with E-state index in [0.717, 1.165) is 12.6 Å². The summed E-state index contributed by atoms with van der Waals surface area (Å²) >= 11 is 5.89. The second kappa shape index (κ2) is 10.2. The third-order valence-electron chi connectivity index (χ3n) is 3.51. The number of methoxy groups -OCH3 is 1. The van der Waals surface area contributed by atoms with Crippen molar-refractivity contribution in [1.82, 2.24) is 0 Å². The van der Waals surface area contributed by atoms with Crippen LogP contribution in [0.2, 0.25) is 5.02 Å². The van der Waals surface area contributed by atoms with Gasteiger partial charge in [0.2, 0.25) is 0 Å². The molecule has 0 bridgehead atoms. The van der Waals surface area contributed by atoms with Gasteiger partial charge in [0.05, 0.1) is 12.8 Å². The zero-order valence-corrected chi connectivity index (χ0v) is 15.7. The monoisotopic (exact) mass is 389 g/mol. The SMILES string of the molecule is CCc1ccc(NC(=O)CO/N=C\C(=O)Nc2cc(Cl)ccc2OC)cc1. The lowest BCUT2D eigenvalue weighted by Crippen LogP contribution is -2.18. The standard InChI is InChI=1S/C19H20ClN3O4/c1-3-13-4-7-15(8-5-13)22-19(25)12-27-21-11-18(24)23-16-10-14(20)6-9-17(16)26-2/h4-11H,3,12H2,1-2H3,(H,22,25)(H,23,24)/b21-11-. The van der Waals surface area contributed by atoms with Crippen LogP contribution in [0.15, 0.2) is 47.6 Å². The number of hydrogen-bond donors (Lipinski definition) is 2. The maximum absolute atomic E-state index is 11.8. The molecule has 0 saturated heterocycles. The Morgan fingerprint density at radius 3 is 2.56 bits per heavy atom. The molecule has 0 spiro atoms. The van der Waals surface area contributed by atoms with Crippen molar-refractivity contribution in [2.24, 2.45) is 5.16 Å². The van der Waals surface area contributed by atoms with E-state index < -0.39 is 5.91 Å². The van der Waals surface area contributed by atoms with Gasteiger partial charge in [-0.15, -0.1) is 0 Å². The Morgan fingerprint density at radius 2 is 1.89 bits per heavy atom. The van der Waals surface area contributed by atoms with E-state index >= 15 is 0 Å². The van der Waals surface area contributed by atoms with Crippen molar-refractivity contribution in [3.63, 3.8) is 0 Å². The summed E-state index contributed by atoms with van der Waals surface area (Å²) in [4.78, 5) is 28.5. The minimum atomic E-state index is -0.550. The first kappa shape index (κ1) is 20.3. The number of halogens is 1. The molecule has 0 fully saturated rings. The maximum atomic E-state index is 11.8. The van der Waals surface area contributed by atoms with Gasteiger partial charge in [-0.2, -0.15) is 0 Å². The highest BCUT2D eigenvalue weighted by atomic mass is 35.5. The normalized spacial score (nSPS) is 10.5. The molecule has 0 aliphatic carbocycles. The van der Waals surface area contributed by atoms with Crippen molar-refractivity contribution >= 4 is 41.0 Å². The molecule has 2 amide bonds. The smallest absolute Gasteiger partial charge is 0.270 e. The quantitative estimate of drug-likeness (QED) is 0.534. The summed E-state index contributed by atoms with van der Waals surface area (Å²) < 4.78 is 5.13. The summed E-state index contributed by atoms with van der Waals surface area (Å²) in [6.07, 6.45) is 1.85. The number of benzene rings is 2. The number of ether oxygens (including phenoxy) is 1. The molecule has 0 radical (unpaired) electrons. The van der Waals surface area contributed by atoms with E-state index in [-0.39, 0.29) is 12.5 Å². The summed E-state index contributed by atoms with van der Waals surface area (Å²) in [6.45, 7) is 1.73. The van der Waals surface area contributed by atoms with Crippen molar-refractivity contribution < 1.29 is 19.2 Å². The molecule has 0 unspecified atom stereocenters. The van der Waals surface area contributed by atoms with Gasteiger partial charge in [0.1, 0.15) is 12.0 Å². The van der Waals surface area contributed by atoms with Crippen molar-refractivity contribution in [1.29, 1.82) is 0 Å². The second-order valence-corrected chi connectivity index (χ2v) is 5.88. The molecule has 0 aromatic heterocycles. The number of anilines is 2. The predicted molar refractivity (Wildman–Crippen MR) is 106 cm³/mol. The van der Waals surface area contributed by atoms with Crippen LogP contribution in [-0.4, -0.2) is 31.7 Å². The van der Waals surface area contributed by atoms with Gasteiger partial charge in [-0.3, -0.25) is 9.59 Å². The number of aryl methyl sites for hydroxylation is 1. The number of amides is 2. The molecular formula is C19H20ClN3O4. The van der Waals surface area contributed by atoms with E-state index in [0.29, 0.717) is 22.1 Å². The highest BCUT2D eigenvalue weighted by Gasteiger charge is 2.07. The van der Waals surface area contributed by atoms with E-state index in [1.165, 1.54) is 12.7 Å². The average Bonchev–Trinajstić information content (AvgIpc) is 2.66. The molecule has 2 aromatic rings. The fourth-order valence-electron chi connectivity index (χ4n) is 2.14. The van der Waals surface area contributed by atoms with E-state index in [1.54, 1.807) is 18.2 Å². The summed E-state index contributed by atoms with van der Waals surface area (Å²) in [6, 6.07) is 12.3. The molecule has 0 aliphatic heterocycles. The Hall–Kier alpha value is -3.06. The van der Waals surface area contributed by atoms with Gasteiger partial charge in [-0.1, -0.05) is 35.8 Å². The number of rotatable bonds is 8. The number of carbonyl (C=O) groups is 2. The molecule has 142 valence electrons. The van der Waals surface area contributed by atoms with Crippen LogP contribution in [0.5, 0.6) is 5.75 Å². The third-order valence-corrected chi connectivity index (χ3v) is 3.74.